The number of hydrogen-bond donors (Lipinski definition) is 2. The van der Waals surface area contributed by atoms with Gasteiger partial charge in [-0.3, -0.25) is 14.6 Å². The van der Waals surface area contributed by atoms with Gasteiger partial charge in [0.2, 0.25) is 0 Å². The van der Waals surface area contributed by atoms with Gasteiger partial charge in [-0.1, -0.05) is 66.7 Å². The first kappa shape index (κ1) is 24.0. The van der Waals surface area contributed by atoms with Crippen molar-refractivity contribution >= 4 is 5.97 Å². The Balaban J connectivity index is 1.59. The molecule has 2 N–H and O–H groups in total. The fourth-order valence-corrected chi connectivity index (χ4v) is 5.01. The summed E-state index contributed by atoms with van der Waals surface area (Å²) in [5.74, 6) is -0.512. The number of phenolic OH excluding ortho intramolecular Hbond substituents is 1. The minimum Gasteiger partial charge on any atom is -0.508 e. The molecule has 1 fully saturated rings. The Morgan fingerprint density at radius 2 is 1.62 bits per heavy atom. The number of phenols is 1. The first-order valence-electron chi connectivity index (χ1n) is 12.0. The van der Waals surface area contributed by atoms with Gasteiger partial charge in [0.25, 0.3) is 0 Å². The van der Waals surface area contributed by atoms with Gasteiger partial charge in [-0.25, -0.2) is 0 Å². The quantitative estimate of drug-likeness (QED) is 0.492. The van der Waals surface area contributed by atoms with Crippen LogP contribution in [0.15, 0.2) is 78.9 Å². The van der Waals surface area contributed by atoms with Gasteiger partial charge in [0.1, 0.15) is 5.75 Å². The highest BCUT2D eigenvalue weighted by atomic mass is 16.4. The van der Waals surface area contributed by atoms with Crippen LogP contribution >= 0.6 is 0 Å². The number of aliphatic carboxylic acids is 1. The van der Waals surface area contributed by atoms with Crippen LogP contribution < -0.4 is 0 Å². The molecule has 0 spiro atoms. The van der Waals surface area contributed by atoms with Gasteiger partial charge in [-0.2, -0.15) is 0 Å². The van der Waals surface area contributed by atoms with E-state index in [0.29, 0.717) is 18.5 Å². The van der Waals surface area contributed by atoms with Gasteiger partial charge < -0.3 is 10.2 Å². The van der Waals surface area contributed by atoms with E-state index in [1.807, 2.05) is 24.3 Å². The molecular weight excluding hydrogens is 424 g/mol. The van der Waals surface area contributed by atoms with Crippen LogP contribution in [-0.4, -0.2) is 51.2 Å². The first-order valence-corrected chi connectivity index (χ1v) is 12.0. The van der Waals surface area contributed by atoms with Crippen LogP contribution in [0.25, 0.3) is 0 Å². The Labute approximate surface area is 202 Å². The van der Waals surface area contributed by atoms with Crippen molar-refractivity contribution in [3.05, 3.63) is 101 Å². The average molecular weight is 459 g/mol. The van der Waals surface area contributed by atoms with Gasteiger partial charge in [0.15, 0.2) is 0 Å². The molecule has 1 aliphatic heterocycles. The molecule has 3 aromatic carbocycles. The van der Waals surface area contributed by atoms with Crippen molar-refractivity contribution in [1.29, 1.82) is 0 Å². The molecule has 0 bridgehead atoms. The number of nitrogens with zero attached hydrogens (tertiary/aromatic N) is 2. The summed E-state index contributed by atoms with van der Waals surface area (Å²) in [5, 5.41) is 19.2. The molecule has 1 aliphatic rings. The number of aromatic hydroxyl groups is 1. The van der Waals surface area contributed by atoms with Crippen LogP contribution in [0.4, 0.5) is 0 Å². The lowest BCUT2D eigenvalue weighted by Crippen LogP contribution is -2.56. The molecule has 178 valence electrons. The summed E-state index contributed by atoms with van der Waals surface area (Å²) in [6.07, 6.45) is 0.658. The van der Waals surface area contributed by atoms with Crippen molar-refractivity contribution in [3.8, 4) is 5.75 Å². The molecule has 5 nitrogen and oxygen atoms in total. The number of hydrogen-bond acceptors (Lipinski definition) is 4. The lowest BCUT2D eigenvalue weighted by Gasteiger charge is -2.47. The molecule has 34 heavy (non-hydrogen) atoms. The number of benzene rings is 3. The fraction of sp³-hybridized carbons (Fsp3) is 0.345. The number of aryl methyl sites for hydroxylation is 1. The average Bonchev–Trinajstić information content (AvgIpc) is 2.82. The Kier molecular flexibility index (Phi) is 7.66. The molecule has 0 aliphatic carbocycles. The van der Waals surface area contributed by atoms with Crippen molar-refractivity contribution in [1.82, 2.24) is 9.80 Å². The highest BCUT2D eigenvalue weighted by molar-refractivity contribution is 5.67. The minimum absolute atomic E-state index is 0.0111. The monoisotopic (exact) mass is 458 g/mol. The van der Waals surface area contributed by atoms with E-state index in [9.17, 15) is 9.90 Å². The lowest BCUT2D eigenvalue weighted by atomic mass is 9.92. The predicted octanol–water partition coefficient (Wildman–Crippen LogP) is 5.09. The molecule has 0 radical (unpaired) electrons. The summed E-state index contributed by atoms with van der Waals surface area (Å²) < 4.78 is 0. The molecule has 0 unspecified atom stereocenters. The zero-order valence-corrected chi connectivity index (χ0v) is 20.0. The first-order chi connectivity index (χ1) is 16.4. The fourth-order valence-electron chi connectivity index (χ4n) is 5.01. The molecule has 0 saturated carbocycles. The van der Waals surface area contributed by atoms with Crippen molar-refractivity contribution in [2.24, 2.45) is 0 Å². The SMILES string of the molecule is C[C@@H]1CN([C@H](c2ccc(CCC(=O)O)cc2)c2cccc(O)c2)[C@@H](C)CN1Cc1ccccc1. The Bertz CT molecular complexity index is 1080. The second-order valence-electron chi connectivity index (χ2n) is 9.44. The van der Waals surface area contributed by atoms with Crippen molar-refractivity contribution in [2.45, 2.75) is 51.4 Å². The van der Waals surface area contributed by atoms with Gasteiger partial charge in [0.05, 0.1) is 6.04 Å². The summed E-state index contributed by atoms with van der Waals surface area (Å²) in [7, 11) is 0. The zero-order valence-electron chi connectivity index (χ0n) is 20.0. The number of carboxylic acids is 1. The van der Waals surface area contributed by atoms with Crippen LogP contribution in [0.5, 0.6) is 5.75 Å². The summed E-state index contributed by atoms with van der Waals surface area (Å²) in [6, 6.07) is 27.2. The molecule has 0 amide bonds. The third-order valence-corrected chi connectivity index (χ3v) is 6.83. The van der Waals surface area contributed by atoms with E-state index >= 15 is 0 Å². The minimum atomic E-state index is -0.780. The number of carboxylic acid groups (broad SMARTS) is 1. The largest absolute Gasteiger partial charge is 0.508 e. The molecule has 5 heteroatoms. The molecule has 4 rings (SSSR count). The third kappa shape index (κ3) is 5.85. The molecule has 3 atom stereocenters. The van der Waals surface area contributed by atoms with Crippen molar-refractivity contribution < 1.29 is 15.0 Å². The van der Waals surface area contributed by atoms with Gasteiger partial charge >= 0.3 is 5.97 Å². The molecule has 1 saturated heterocycles. The maximum atomic E-state index is 10.9. The summed E-state index contributed by atoms with van der Waals surface area (Å²) >= 11 is 0. The van der Waals surface area contributed by atoms with E-state index in [1.165, 1.54) is 5.56 Å². The van der Waals surface area contributed by atoms with Crippen LogP contribution in [0, 0.1) is 0 Å². The summed E-state index contributed by atoms with van der Waals surface area (Å²) in [6.45, 7) is 7.38. The normalized spacial score (nSPS) is 20.2. The predicted molar refractivity (Wildman–Crippen MR) is 135 cm³/mol. The van der Waals surface area contributed by atoms with Crippen LogP contribution in [0.1, 0.15) is 48.6 Å². The molecule has 0 aromatic heterocycles. The standard InChI is InChI=1S/C29H34N2O3/c1-21-19-31(22(2)18-30(21)20-24-7-4-3-5-8-24)29(26-9-6-10-27(32)17-26)25-14-11-23(12-15-25)13-16-28(33)34/h3-12,14-15,17,21-22,29,32H,13,16,18-20H2,1-2H3,(H,33,34)/t21-,22+,29-/m1/s1. The number of piperazine rings is 1. The zero-order chi connectivity index (χ0) is 24.1. The van der Waals surface area contributed by atoms with E-state index in [-0.39, 0.29) is 18.2 Å². The molecule has 1 heterocycles. The van der Waals surface area contributed by atoms with Crippen molar-refractivity contribution in [2.75, 3.05) is 13.1 Å². The lowest BCUT2D eigenvalue weighted by molar-refractivity contribution is -0.136. The van der Waals surface area contributed by atoms with Gasteiger partial charge in [-0.15, -0.1) is 0 Å². The maximum absolute atomic E-state index is 10.9. The van der Waals surface area contributed by atoms with E-state index in [2.05, 4.69) is 72.2 Å². The maximum Gasteiger partial charge on any atom is 0.303 e. The second-order valence-corrected chi connectivity index (χ2v) is 9.44. The smallest absolute Gasteiger partial charge is 0.303 e. The van der Waals surface area contributed by atoms with Crippen LogP contribution in [0.3, 0.4) is 0 Å². The van der Waals surface area contributed by atoms with Gasteiger partial charge in [0, 0.05) is 38.1 Å². The van der Waals surface area contributed by atoms with Crippen LogP contribution in [0.2, 0.25) is 0 Å². The van der Waals surface area contributed by atoms with E-state index < -0.39 is 5.97 Å². The molecule has 3 aromatic rings. The van der Waals surface area contributed by atoms with E-state index in [0.717, 1.165) is 36.3 Å². The van der Waals surface area contributed by atoms with E-state index in [4.69, 9.17) is 5.11 Å². The third-order valence-electron chi connectivity index (χ3n) is 6.83. The Morgan fingerprint density at radius 1 is 0.882 bits per heavy atom. The van der Waals surface area contributed by atoms with Crippen molar-refractivity contribution in [3.63, 3.8) is 0 Å². The highest BCUT2D eigenvalue weighted by Crippen LogP contribution is 2.35. The summed E-state index contributed by atoms with van der Waals surface area (Å²) in [5.41, 5.74) is 4.57. The number of carbonyl (C=O) groups is 1. The molecular formula is C29H34N2O3. The Hall–Kier alpha value is -3.15. The van der Waals surface area contributed by atoms with Gasteiger partial charge in [-0.05, 0) is 54.7 Å². The topological polar surface area (TPSA) is 64.0 Å². The second kappa shape index (κ2) is 10.9. The highest BCUT2D eigenvalue weighted by Gasteiger charge is 2.34. The Morgan fingerprint density at radius 3 is 2.29 bits per heavy atom. The number of rotatable bonds is 8. The van der Waals surface area contributed by atoms with Crippen LogP contribution in [-0.2, 0) is 17.8 Å². The van der Waals surface area contributed by atoms with E-state index in [1.54, 1.807) is 6.07 Å². The summed E-state index contributed by atoms with van der Waals surface area (Å²) in [4.78, 5) is 16.0.